The number of hydrogen-bond acceptors (Lipinski definition) is 3. The summed E-state index contributed by atoms with van der Waals surface area (Å²) in [6.07, 6.45) is 2.16. The summed E-state index contributed by atoms with van der Waals surface area (Å²) in [6.45, 7) is 4.12. The molecule has 0 radical (unpaired) electrons. The van der Waals surface area contributed by atoms with Crippen LogP contribution in [0.3, 0.4) is 0 Å². The lowest BCUT2D eigenvalue weighted by Gasteiger charge is -2.23. The minimum atomic E-state index is -0.369. The fourth-order valence-electron chi connectivity index (χ4n) is 1.60. The molecule has 0 aromatic carbocycles. The molecule has 0 atom stereocenters. The third-order valence-electron chi connectivity index (χ3n) is 3.01. The molecule has 1 saturated carbocycles. The van der Waals surface area contributed by atoms with E-state index < -0.39 is 0 Å². The smallest absolute Gasteiger partial charge is 0.290 e. The van der Waals surface area contributed by atoms with Crippen molar-refractivity contribution >= 4 is 11.7 Å². The van der Waals surface area contributed by atoms with Crippen LogP contribution in [0.15, 0.2) is 0 Å². The van der Waals surface area contributed by atoms with Crippen molar-refractivity contribution in [2.45, 2.75) is 32.2 Å². The van der Waals surface area contributed by atoms with Gasteiger partial charge in [-0.3, -0.25) is 9.59 Å². The molecule has 0 bridgehead atoms. The molecule has 86 valence electrons. The molecule has 4 heteroatoms. The maximum Gasteiger partial charge on any atom is 0.290 e. The first-order chi connectivity index (χ1) is 6.92. The molecule has 1 fully saturated rings. The summed E-state index contributed by atoms with van der Waals surface area (Å²) >= 11 is 0. The van der Waals surface area contributed by atoms with E-state index in [1.807, 2.05) is 7.05 Å². The average molecular weight is 212 g/mol. The largest absolute Gasteiger partial charge is 0.337 e. The zero-order valence-corrected chi connectivity index (χ0v) is 9.96. The normalized spacial score (nSPS) is 17.7. The van der Waals surface area contributed by atoms with Crippen molar-refractivity contribution in [1.82, 2.24) is 10.2 Å². The third kappa shape index (κ3) is 2.78. The number of nitrogens with one attached hydrogen (secondary N) is 1. The summed E-state index contributed by atoms with van der Waals surface area (Å²) in [6, 6.07) is 0. The van der Waals surface area contributed by atoms with E-state index in [1.165, 1.54) is 4.90 Å². The second kappa shape index (κ2) is 4.31. The van der Waals surface area contributed by atoms with Crippen molar-refractivity contribution in [2.75, 3.05) is 20.6 Å². The van der Waals surface area contributed by atoms with Crippen LogP contribution in [0.25, 0.3) is 0 Å². The molecule has 15 heavy (non-hydrogen) atoms. The maximum absolute atomic E-state index is 11.7. The summed E-state index contributed by atoms with van der Waals surface area (Å²) in [4.78, 5) is 24.7. The number of ketones is 1. The first kappa shape index (κ1) is 12.2. The number of nitrogens with zero attached hydrogens (tertiary/aromatic N) is 1. The number of carbonyl (C=O) groups excluding carboxylic acids is 2. The summed E-state index contributed by atoms with van der Waals surface area (Å²) in [7, 11) is 3.59. The van der Waals surface area contributed by atoms with E-state index in [1.54, 1.807) is 20.9 Å². The molecule has 0 aromatic heterocycles. The second-order valence-corrected chi connectivity index (χ2v) is 4.71. The van der Waals surface area contributed by atoms with Gasteiger partial charge in [-0.1, -0.05) is 13.8 Å². The van der Waals surface area contributed by atoms with Crippen LogP contribution in [0.1, 0.15) is 26.7 Å². The highest BCUT2D eigenvalue weighted by atomic mass is 16.2. The number of carbonyl (C=O) groups is 2. The summed E-state index contributed by atoms with van der Waals surface area (Å²) in [5, 5.41) is 3.20. The van der Waals surface area contributed by atoms with Crippen molar-refractivity contribution in [1.29, 1.82) is 0 Å². The average Bonchev–Trinajstić information content (AvgIpc) is 2.96. The molecular formula is C11H20N2O2. The number of hydrogen-bond donors (Lipinski definition) is 1. The van der Waals surface area contributed by atoms with Gasteiger partial charge in [0.1, 0.15) is 0 Å². The number of rotatable bonds is 5. The molecule has 0 aromatic rings. The molecule has 1 aliphatic rings. The van der Waals surface area contributed by atoms with Crippen LogP contribution in [0.5, 0.6) is 0 Å². The van der Waals surface area contributed by atoms with Crippen LogP contribution >= 0.6 is 0 Å². The molecule has 0 heterocycles. The van der Waals surface area contributed by atoms with Crippen molar-refractivity contribution in [3.8, 4) is 0 Å². The first-order valence-corrected chi connectivity index (χ1v) is 5.40. The lowest BCUT2D eigenvalue weighted by molar-refractivity contribution is -0.145. The van der Waals surface area contributed by atoms with Crippen molar-refractivity contribution in [3.63, 3.8) is 0 Å². The van der Waals surface area contributed by atoms with E-state index in [2.05, 4.69) is 5.32 Å². The van der Waals surface area contributed by atoms with Crippen LogP contribution in [-0.2, 0) is 9.59 Å². The van der Waals surface area contributed by atoms with Gasteiger partial charge in [-0.25, -0.2) is 0 Å². The zero-order valence-electron chi connectivity index (χ0n) is 9.96. The Morgan fingerprint density at radius 3 is 2.27 bits per heavy atom. The van der Waals surface area contributed by atoms with Gasteiger partial charge in [0.2, 0.25) is 5.78 Å². The highest BCUT2D eigenvalue weighted by molar-refractivity contribution is 6.36. The molecule has 0 unspecified atom stereocenters. The minimum Gasteiger partial charge on any atom is -0.337 e. The van der Waals surface area contributed by atoms with E-state index in [-0.39, 0.29) is 23.1 Å². The van der Waals surface area contributed by atoms with Crippen LogP contribution in [-0.4, -0.2) is 42.8 Å². The van der Waals surface area contributed by atoms with Gasteiger partial charge in [0.05, 0.1) is 0 Å². The molecule has 1 N–H and O–H groups in total. The van der Waals surface area contributed by atoms with E-state index in [0.717, 1.165) is 12.8 Å². The van der Waals surface area contributed by atoms with Gasteiger partial charge in [0, 0.05) is 25.0 Å². The molecule has 1 aliphatic carbocycles. The summed E-state index contributed by atoms with van der Waals surface area (Å²) < 4.78 is 0. The molecule has 1 rings (SSSR count). The lowest BCUT2D eigenvalue weighted by atomic mass is 10.1. The van der Waals surface area contributed by atoms with E-state index in [9.17, 15) is 9.59 Å². The summed E-state index contributed by atoms with van der Waals surface area (Å²) in [5.41, 5.74) is 0.0711. The van der Waals surface area contributed by atoms with E-state index >= 15 is 0 Å². The van der Waals surface area contributed by atoms with Crippen molar-refractivity contribution in [3.05, 3.63) is 0 Å². The fraction of sp³-hybridized carbons (Fsp3) is 0.818. The van der Waals surface area contributed by atoms with E-state index in [4.69, 9.17) is 0 Å². The molecule has 0 saturated heterocycles. The molecule has 0 aliphatic heterocycles. The Hall–Kier alpha value is -0.900. The highest BCUT2D eigenvalue weighted by Crippen LogP contribution is 2.35. The monoisotopic (exact) mass is 212 g/mol. The SMILES string of the molecule is CNC1(CN(C)C(=O)C(=O)C(C)C)CC1. The number of likely N-dealkylation sites (N-methyl/N-ethyl adjacent to an activating group) is 2. The van der Waals surface area contributed by atoms with Gasteiger partial charge in [-0.05, 0) is 19.9 Å². The number of Topliss-reactive ketones (excluding diaryl/α,β-unsaturated/α-hetero) is 1. The Balaban J connectivity index is 2.50. The van der Waals surface area contributed by atoms with Gasteiger partial charge in [0.15, 0.2) is 0 Å². The highest BCUT2D eigenvalue weighted by Gasteiger charge is 2.43. The third-order valence-corrected chi connectivity index (χ3v) is 3.01. The van der Waals surface area contributed by atoms with Gasteiger partial charge < -0.3 is 10.2 Å². The molecule has 4 nitrogen and oxygen atoms in total. The second-order valence-electron chi connectivity index (χ2n) is 4.71. The Morgan fingerprint density at radius 1 is 1.40 bits per heavy atom. The quantitative estimate of drug-likeness (QED) is 0.672. The maximum atomic E-state index is 11.7. The first-order valence-electron chi connectivity index (χ1n) is 5.40. The molecular weight excluding hydrogens is 192 g/mol. The predicted molar refractivity (Wildman–Crippen MR) is 58.5 cm³/mol. The van der Waals surface area contributed by atoms with Crippen LogP contribution in [0.4, 0.5) is 0 Å². The van der Waals surface area contributed by atoms with Crippen LogP contribution in [0.2, 0.25) is 0 Å². The van der Waals surface area contributed by atoms with Crippen LogP contribution in [0, 0.1) is 5.92 Å². The predicted octanol–water partition coefficient (Wildman–Crippen LogP) is 0.422. The topological polar surface area (TPSA) is 49.4 Å². The summed E-state index contributed by atoms with van der Waals surface area (Å²) in [5.74, 6) is -0.888. The van der Waals surface area contributed by atoms with Gasteiger partial charge in [-0.15, -0.1) is 0 Å². The van der Waals surface area contributed by atoms with Crippen molar-refractivity contribution in [2.24, 2.45) is 5.92 Å². The van der Waals surface area contributed by atoms with Gasteiger partial charge >= 0.3 is 0 Å². The Bertz CT molecular complexity index is 270. The fourth-order valence-corrected chi connectivity index (χ4v) is 1.60. The zero-order chi connectivity index (χ0) is 11.6. The minimum absolute atomic E-state index is 0.0711. The van der Waals surface area contributed by atoms with Gasteiger partial charge in [0.25, 0.3) is 5.91 Å². The lowest BCUT2D eigenvalue weighted by Crippen LogP contribution is -2.45. The van der Waals surface area contributed by atoms with Crippen LogP contribution < -0.4 is 5.32 Å². The van der Waals surface area contributed by atoms with Crippen molar-refractivity contribution < 1.29 is 9.59 Å². The Labute approximate surface area is 91.0 Å². The van der Waals surface area contributed by atoms with E-state index in [0.29, 0.717) is 6.54 Å². The van der Waals surface area contributed by atoms with Gasteiger partial charge in [-0.2, -0.15) is 0 Å². The molecule has 0 spiro atoms. The molecule has 1 amide bonds. The Kier molecular flexibility index (Phi) is 3.50. The Morgan fingerprint density at radius 2 is 1.93 bits per heavy atom. The number of amides is 1. The standard InChI is InChI=1S/C11H20N2O2/c1-8(2)9(14)10(15)13(4)7-11(12-3)5-6-11/h8,12H,5-7H2,1-4H3.